The molecule has 0 bridgehead atoms. The summed E-state index contributed by atoms with van der Waals surface area (Å²) in [6.45, 7) is 0.648. The van der Waals surface area contributed by atoms with Crippen LogP contribution in [0.5, 0.6) is 5.75 Å². The summed E-state index contributed by atoms with van der Waals surface area (Å²) in [5.74, 6) is 1.29. The number of aromatic nitrogens is 2. The van der Waals surface area contributed by atoms with Gasteiger partial charge in [0.25, 0.3) is 0 Å². The number of ether oxygens (including phenoxy) is 1. The van der Waals surface area contributed by atoms with E-state index < -0.39 is 0 Å². The first-order chi connectivity index (χ1) is 10.8. The highest BCUT2D eigenvalue weighted by Crippen LogP contribution is 2.36. The van der Waals surface area contributed by atoms with Crippen molar-refractivity contribution in [2.24, 2.45) is 0 Å². The van der Waals surface area contributed by atoms with Crippen molar-refractivity contribution >= 4 is 27.4 Å². The summed E-state index contributed by atoms with van der Waals surface area (Å²) in [5, 5.41) is 5.44. The molecule has 4 rings (SSSR count). The van der Waals surface area contributed by atoms with E-state index in [4.69, 9.17) is 4.74 Å². The van der Waals surface area contributed by atoms with Crippen LogP contribution in [-0.2, 0) is 0 Å². The Morgan fingerprint density at radius 2 is 2.23 bits per heavy atom. The first-order valence-electron chi connectivity index (χ1n) is 7.18. The van der Waals surface area contributed by atoms with E-state index in [0.29, 0.717) is 6.61 Å². The number of nitrogens with one attached hydrogen (secondary N) is 1. The Morgan fingerprint density at radius 1 is 1.27 bits per heavy atom. The van der Waals surface area contributed by atoms with E-state index in [1.807, 2.05) is 11.4 Å². The average Bonchev–Trinajstić information content (AvgIpc) is 2.92. The second kappa shape index (κ2) is 5.53. The minimum Gasteiger partial charge on any atom is -0.493 e. The Bertz CT molecular complexity index is 820. The Labute approximate surface area is 131 Å². The standard InChI is InChI=1S/C16H14FN3OS/c17-10-3-4-14-11(8-10)12(2-1-6-21-14)20-16-15-13(5-7-22-15)18-9-19-16/h3-5,7-9,12H,1-2,6H2,(H,18,19,20)/t12-/m1/s1. The normalized spacial score (nSPS) is 17.6. The number of fused-ring (bicyclic) bond motifs is 2. The maximum absolute atomic E-state index is 13.6. The predicted molar refractivity (Wildman–Crippen MR) is 84.9 cm³/mol. The molecule has 1 atom stereocenters. The van der Waals surface area contributed by atoms with Gasteiger partial charge in [-0.15, -0.1) is 11.3 Å². The molecule has 1 N–H and O–H groups in total. The van der Waals surface area contributed by atoms with E-state index in [-0.39, 0.29) is 11.9 Å². The molecule has 112 valence electrons. The van der Waals surface area contributed by atoms with Crippen molar-refractivity contribution in [1.29, 1.82) is 0 Å². The van der Waals surface area contributed by atoms with Crippen molar-refractivity contribution in [1.82, 2.24) is 9.97 Å². The van der Waals surface area contributed by atoms with Crippen molar-refractivity contribution in [3.63, 3.8) is 0 Å². The number of thiophene rings is 1. The van der Waals surface area contributed by atoms with Crippen LogP contribution >= 0.6 is 11.3 Å². The molecule has 2 aromatic heterocycles. The highest BCUT2D eigenvalue weighted by atomic mass is 32.1. The molecule has 6 heteroatoms. The Morgan fingerprint density at radius 3 is 3.18 bits per heavy atom. The number of anilines is 1. The van der Waals surface area contributed by atoms with E-state index in [9.17, 15) is 4.39 Å². The van der Waals surface area contributed by atoms with E-state index in [0.717, 1.165) is 40.2 Å². The lowest BCUT2D eigenvalue weighted by Crippen LogP contribution is -2.11. The van der Waals surface area contributed by atoms with E-state index in [1.54, 1.807) is 29.8 Å². The monoisotopic (exact) mass is 315 g/mol. The van der Waals surface area contributed by atoms with Gasteiger partial charge in [-0.1, -0.05) is 0 Å². The van der Waals surface area contributed by atoms with E-state index in [1.165, 1.54) is 6.07 Å². The summed E-state index contributed by atoms with van der Waals surface area (Å²) >= 11 is 1.60. The number of nitrogens with zero attached hydrogens (tertiary/aromatic N) is 2. The lowest BCUT2D eigenvalue weighted by Gasteiger charge is -2.19. The fourth-order valence-electron chi connectivity index (χ4n) is 2.75. The zero-order valence-corrected chi connectivity index (χ0v) is 12.6. The number of rotatable bonds is 2. The third-order valence-electron chi connectivity index (χ3n) is 3.80. The van der Waals surface area contributed by atoms with Gasteiger partial charge in [-0.2, -0.15) is 0 Å². The summed E-state index contributed by atoms with van der Waals surface area (Å²) < 4.78 is 20.4. The molecule has 0 unspecified atom stereocenters. The van der Waals surface area contributed by atoms with Crippen molar-refractivity contribution in [2.75, 3.05) is 11.9 Å². The van der Waals surface area contributed by atoms with Crippen LogP contribution in [0.15, 0.2) is 36.0 Å². The molecule has 0 amide bonds. The largest absolute Gasteiger partial charge is 0.493 e. The third-order valence-corrected chi connectivity index (χ3v) is 4.71. The third kappa shape index (κ3) is 2.39. The molecule has 3 heterocycles. The number of halogens is 1. The van der Waals surface area contributed by atoms with Crippen LogP contribution in [0.3, 0.4) is 0 Å². The first-order valence-corrected chi connectivity index (χ1v) is 8.06. The average molecular weight is 315 g/mol. The first kappa shape index (κ1) is 13.5. The van der Waals surface area contributed by atoms with Crippen molar-refractivity contribution < 1.29 is 9.13 Å². The van der Waals surface area contributed by atoms with E-state index >= 15 is 0 Å². The van der Waals surface area contributed by atoms with Gasteiger partial charge in [-0.05, 0) is 42.5 Å². The maximum atomic E-state index is 13.6. The number of hydrogen-bond acceptors (Lipinski definition) is 5. The van der Waals surface area contributed by atoms with Gasteiger partial charge in [-0.25, -0.2) is 14.4 Å². The molecule has 1 aromatic carbocycles. The summed E-state index contributed by atoms with van der Waals surface area (Å²) in [6.07, 6.45) is 3.33. The topological polar surface area (TPSA) is 47.0 Å². The molecule has 0 fully saturated rings. The van der Waals surface area contributed by atoms with Gasteiger partial charge in [0.2, 0.25) is 0 Å². The fraction of sp³-hybridized carbons (Fsp3) is 0.250. The maximum Gasteiger partial charge on any atom is 0.147 e. The van der Waals surface area contributed by atoms with Gasteiger partial charge < -0.3 is 10.1 Å². The summed E-state index contributed by atoms with van der Waals surface area (Å²) in [4.78, 5) is 8.60. The SMILES string of the molecule is Fc1ccc2c(c1)[C@H](Nc1ncnc3ccsc13)CCCO2. The molecule has 1 aliphatic rings. The van der Waals surface area contributed by atoms with Gasteiger partial charge in [-0.3, -0.25) is 0 Å². The van der Waals surface area contributed by atoms with Gasteiger partial charge in [0.15, 0.2) is 0 Å². The Balaban J connectivity index is 1.74. The van der Waals surface area contributed by atoms with Crippen LogP contribution in [0.25, 0.3) is 10.2 Å². The van der Waals surface area contributed by atoms with Crippen LogP contribution in [0.4, 0.5) is 10.2 Å². The molecule has 0 radical (unpaired) electrons. The minimum absolute atomic E-state index is 0.0200. The van der Waals surface area contributed by atoms with Crippen LogP contribution in [-0.4, -0.2) is 16.6 Å². The van der Waals surface area contributed by atoms with Crippen LogP contribution in [0.1, 0.15) is 24.4 Å². The lowest BCUT2D eigenvalue weighted by molar-refractivity contribution is 0.316. The second-order valence-electron chi connectivity index (χ2n) is 5.23. The van der Waals surface area contributed by atoms with E-state index in [2.05, 4.69) is 15.3 Å². The molecule has 22 heavy (non-hydrogen) atoms. The van der Waals surface area contributed by atoms with Crippen LogP contribution in [0.2, 0.25) is 0 Å². The van der Waals surface area contributed by atoms with Gasteiger partial charge in [0.1, 0.15) is 23.7 Å². The van der Waals surface area contributed by atoms with Gasteiger partial charge in [0, 0.05) is 5.56 Å². The summed E-state index contributed by atoms with van der Waals surface area (Å²) in [7, 11) is 0. The fourth-order valence-corrected chi connectivity index (χ4v) is 3.55. The lowest BCUT2D eigenvalue weighted by atomic mass is 10.0. The van der Waals surface area contributed by atoms with Crippen molar-refractivity contribution in [3.8, 4) is 5.75 Å². The molecule has 1 aliphatic heterocycles. The zero-order valence-electron chi connectivity index (χ0n) is 11.8. The Hall–Kier alpha value is -2.21. The second-order valence-corrected chi connectivity index (χ2v) is 6.14. The number of hydrogen-bond donors (Lipinski definition) is 1. The summed E-state index contributed by atoms with van der Waals surface area (Å²) in [6, 6.07) is 6.63. The molecular formula is C16H14FN3OS. The molecule has 0 aliphatic carbocycles. The molecule has 0 saturated carbocycles. The highest BCUT2D eigenvalue weighted by Gasteiger charge is 2.21. The van der Waals surface area contributed by atoms with Gasteiger partial charge >= 0.3 is 0 Å². The quantitative estimate of drug-likeness (QED) is 0.771. The van der Waals surface area contributed by atoms with Crippen LogP contribution in [0, 0.1) is 5.82 Å². The zero-order chi connectivity index (χ0) is 14.9. The predicted octanol–water partition coefficient (Wildman–Crippen LogP) is 4.16. The molecule has 0 saturated heterocycles. The van der Waals surface area contributed by atoms with Gasteiger partial charge in [0.05, 0.1) is 22.9 Å². The van der Waals surface area contributed by atoms with Crippen molar-refractivity contribution in [3.05, 3.63) is 47.4 Å². The molecule has 0 spiro atoms. The minimum atomic E-state index is -0.250. The Kier molecular flexibility index (Phi) is 3.38. The molecule has 4 nitrogen and oxygen atoms in total. The molecular weight excluding hydrogens is 301 g/mol. The molecule has 3 aromatic rings. The highest BCUT2D eigenvalue weighted by molar-refractivity contribution is 7.17. The summed E-state index contributed by atoms with van der Waals surface area (Å²) in [5.41, 5.74) is 1.77. The van der Waals surface area contributed by atoms with Crippen LogP contribution < -0.4 is 10.1 Å². The number of benzene rings is 1. The van der Waals surface area contributed by atoms with Crippen molar-refractivity contribution in [2.45, 2.75) is 18.9 Å². The smallest absolute Gasteiger partial charge is 0.147 e.